The Hall–Kier alpha value is -3.04. The number of halogens is 1. The predicted octanol–water partition coefficient (Wildman–Crippen LogP) is 2.64. The van der Waals surface area contributed by atoms with Crippen LogP contribution >= 0.6 is 11.3 Å². The van der Waals surface area contributed by atoms with Gasteiger partial charge in [0.05, 0.1) is 32.9 Å². The summed E-state index contributed by atoms with van der Waals surface area (Å²) in [5, 5.41) is 12.8. The quantitative estimate of drug-likeness (QED) is 0.444. The zero-order chi connectivity index (χ0) is 22.8. The van der Waals surface area contributed by atoms with Crippen molar-refractivity contribution in [1.29, 1.82) is 0 Å². The van der Waals surface area contributed by atoms with Crippen LogP contribution in [0.2, 0.25) is 0 Å². The topological polar surface area (TPSA) is 100 Å². The maximum Gasteiger partial charge on any atom is 0.342 e. The number of hydrogen-bond acceptors (Lipinski definition) is 6. The number of fused-ring (bicyclic) bond motifs is 1. The highest BCUT2D eigenvalue weighted by molar-refractivity contribution is 7.16. The fraction of sp³-hybridized carbons (Fsp3) is 0.375. The summed E-state index contributed by atoms with van der Waals surface area (Å²) in [6, 6.07) is 1.21. The highest BCUT2D eigenvalue weighted by atomic mass is 32.1. The lowest BCUT2D eigenvalue weighted by molar-refractivity contribution is 0.0697. The summed E-state index contributed by atoms with van der Waals surface area (Å²) in [5.41, 5.74) is 7.10. The predicted molar refractivity (Wildman–Crippen MR) is 125 cm³/mol. The second-order valence-corrected chi connectivity index (χ2v) is 10.5. The molecule has 1 saturated carbocycles. The number of aromatic carboxylic acids is 1. The molecule has 1 saturated heterocycles. The van der Waals surface area contributed by atoms with Gasteiger partial charge in [-0.05, 0) is 30.7 Å². The minimum Gasteiger partial charge on any atom is -0.477 e. The number of thiazole rings is 1. The summed E-state index contributed by atoms with van der Waals surface area (Å²) in [6.07, 6.45) is 6.38. The minimum atomic E-state index is -1.31. The number of nitrogens with zero attached hydrogens (tertiary/aromatic N) is 3. The van der Waals surface area contributed by atoms with Crippen LogP contribution in [-0.2, 0) is 0 Å². The Bertz CT molecular complexity index is 1660. The first kappa shape index (κ1) is 19.4. The molecule has 8 rings (SSSR count). The van der Waals surface area contributed by atoms with Gasteiger partial charge in [0.15, 0.2) is 0 Å². The van der Waals surface area contributed by atoms with Crippen molar-refractivity contribution >= 4 is 49.6 Å². The lowest BCUT2D eigenvalue weighted by atomic mass is 9.60. The van der Waals surface area contributed by atoms with Gasteiger partial charge in [-0.3, -0.25) is 14.2 Å². The van der Waals surface area contributed by atoms with Crippen molar-refractivity contribution < 1.29 is 14.3 Å². The van der Waals surface area contributed by atoms with E-state index < -0.39 is 17.2 Å². The number of carboxylic acid groups (broad SMARTS) is 1. The van der Waals surface area contributed by atoms with E-state index in [2.05, 4.69) is 22.0 Å². The molecular formula is C24H21FN4O3S. The molecule has 0 radical (unpaired) electrons. The van der Waals surface area contributed by atoms with Gasteiger partial charge in [0, 0.05) is 37.0 Å². The van der Waals surface area contributed by atoms with E-state index in [1.165, 1.54) is 17.4 Å². The van der Waals surface area contributed by atoms with E-state index >= 15 is 4.39 Å². The number of carbonyl (C=O) groups is 1. The zero-order valence-corrected chi connectivity index (χ0v) is 18.7. The van der Waals surface area contributed by atoms with Gasteiger partial charge >= 0.3 is 5.97 Å². The normalized spacial score (nSPS) is 29.4. The molecule has 4 unspecified atom stereocenters. The lowest BCUT2D eigenvalue weighted by Gasteiger charge is -2.47. The van der Waals surface area contributed by atoms with Crippen molar-refractivity contribution in [2.24, 2.45) is 28.5 Å². The summed E-state index contributed by atoms with van der Waals surface area (Å²) >= 11 is 1.20. The van der Waals surface area contributed by atoms with Crippen molar-refractivity contribution in [1.82, 2.24) is 4.40 Å². The fourth-order valence-corrected chi connectivity index (χ4v) is 7.84. The van der Waals surface area contributed by atoms with Crippen molar-refractivity contribution in [2.45, 2.75) is 18.4 Å². The molecular weight excluding hydrogens is 443 g/mol. The molecule has 2 bridgehead atoms. The molecule has 4 heterocycles. The maximum atomic E-state index is 15.8. The average molecular weight is 465 g/mol. The summed E-state index contributed by atoms with van der Waals surface area (Å²) in [4.78, 5) is 32.0. The van der Waals surface area contributed by atoms with E-state index in [9.17, 15) is 14.7 Å². The van der Waals surface area contributed by atoms with Crippen LogP contribution in [0.15, 0.2) is 33.4 Å². The molecule has 4 aliphatic rings. The molecule has 1 aromatic carbocycles. The standard InChI is InChI=1S/C24H21FN4O3S/c1-27-18-15-9-33-22-17(23(31)32)21(30)11-6-14(25)20(16(18)19(11)29(15)22)28-7-12-10-2-4-24(26,5-3-10)13(12)8-28/h2,4,6,9-10,12-13H,3,5,7-8,26H2,1H3,(H,31,32). The zero-order valence-electron chi connectivity index (χ0n) is 17.8. The fourth-order valence-electron chi connectivity index (χ4n) is 6.80. The highest BCUT2D eigenvalue weighted by Crippen LogP contribution is 2.51. The number of rotatable bonds is 2. The van der Waals surface area contributed by atoms with E-state index in [-0.39, 0.29) is 22.4 Å². The summed E-state index contributed by atoms with van der Waals surface area (Å²) in [7, 11) is 1.64. The van der Waals surface area contributed by atoms with Crippen LogP contribution < -0.4 is 21.4 Å². The Morgan fingerprint density at radius 3 is 2.88 bits per heavy atom. The molecule has 168 valence electrons. The Kier molecular flexibility index (Phi) is 3.59. The Labute approximate surface area is 190 Å². The number of benzene rings is 1. The van der Waals surface area contributed by atoms with E-state index in [4.69, 9.17) is 5.73 Å². The SMILES string of the molecule is CN=c1c2c(N3CC4C5C=CC(N)(CC5)C4C3)c(F)cc3c(=O)c(C(=O)O)c4scc1n4c32. The molecule has 0 amide bonds. The Morgan fingerprint density at radius 2 is 2.21 bits per heavy atom. The third-order valence-corrected chi connectivity index (χ3v) is 9.22. The average Bonchev–Trinajstić information content (AvgIpc) is 3.48. The van der Waals surface area contributed by atoms with Crippen LogP contribution in [-0.4, -0.2) is 41.2 Å². The van der Waals surface area contributed by atoms with Crippen molar-refractivity contribution in [3.05, 3.63) is 50.6 Å². The first-order valence-electron chi connectivity index (χ1n) is 11.1. The molecule has 1 aliphatic heterocycles. The van der Waals surface area contributed by atoms with Crippen LogP contribution in [0.25, 0.3) is 26.6 Å². The Balaban J connectivity index is 1.54. The first-order chi connectivity index (χ1) is 15.8. The third-order valence-electron chi connectivity index (χ3n) is 8.26. The molecule has 33 heavy (non-hydrogen) atoms. The number of pyridine rings is 1. The van der Waals surface area contributed by atoms with E-state index in [0.29, 0.717) is 57.2 Å². The van der Waals surface area contributed by atoms with Crippen LogP contribution in [0.5, 0.6) is 0 Å². The Morgan fingerprint density at radius 1 is 1.39 bits per heavy atom. The molecule has 4 aromatic rings. The van der Waals surface area contributed by atoms with Gasteiger partial charge in [0.2, 0.25) is 5.43 Å². The second-order valence-electron chi connectivity index (χ2n) is 9.67. The maximum absolute atomic E-state index is 15.8. The molecule has 2 fully saturated rings. The largest absolute Gasteiger partial charge is 0.477 e. The van der Waals surface area contributed by atoms with Gasteiger partial charge in [0.25, 0.3) is 0 Å². The number of allylic oxidation sites excluding steroid dienone is 1. The van der Waals surface area contributed by atoms with Crippen LogP contribution in [0.4, 0.5) is 10.1 Å². The van der Waals surface area contributed by atoms with Gasteiger partial charge in [-0.2, -0.15) is 0 Å². The summed E-state index contributed by atoms with van der Waals surface area (Å²) in [5.74, 6) is -0.764. The molecule has 3 aromatic heterocycles. The highest BCUT2D eigenvalue weighted by Gasteiger charge is 2.53. The number of nitrogens with two attached hydrogens (primary N) is 1. The molecule has 0 spiro atoms. The molecule has 4 atom stereocenters. The first-order valence-corrected chi connectivity index (χ1v) is 12.0. The second kappa shape index (κ2) is 6.09. The van der Waals surface area contributed by atoms with E-state index in [1.54, 1.807) is 16.8 Å². The van der Waals surface area contributed by atoms with Gasteiger partial charge in [0.1, 0.15) is 16.2 Å². The number of carboxylic acids is 1. The number of aromatic nitrogens is 1. The van der Waals surface area contributed by atoms with Gasteiger partial charge < -0.3 is 15.7 Å². The van der Waals surface area contributed by atoms with Crippen molar-refractivity contribution in [3.8, 4) is 0 Å². The molecule has 3 N–H and O–H groups in total. The van der Waals surface area contributed by atoms with Crippen LogP contribution in [0.3, 0.4) is 0 Å². The molecule has 9 heteroatoms. The smallest absolute Gasteiger partial charge is 0.342 e. The van der Waals surface area contributed by atoms with Gasteiger partial charge in [-0.25, -0.2) is 9.18 Å². The van der Waals surface area contributed by atoms with Crippen LogP contribution in [0, 0.1) is 23.6 Å². The van der Waals surface area contributed by atoms with Crippen LogP contribution in [0.1, 0.15) is 23.2 Å². The van der Waals surface area contributed by atoms with E-state index in [0.717, 1.165) is 12.8 Å². The van der Waals surface area contributed by atoms with Crippen molar-refractivity contribution in [3.63, 3.8) is 0 Å². The number of anilines is 1. The van der Waals surface area contributed by atoms with Crippen molar-refractivity contribution in [2.75, 3.05) is 25.0 Å². The third kappa shape index (κ3) is 2.19. The van der Waals surface area contributed by atoms with Gasteiger partial charge in [-0.1, -0.05) is 12.2 Å². The monoisotopic (exact) mass is 464 g/mol. The van der Waals surface area contributed by atoms with E-state index in [1.807, 2.05) is 0 Å². The lowest BCUT2D eigenvalue weighted by Crippen LogP contribution is -2.55. The summed E-state index contributed by atoms with van der Waals surface area (Å²) in [6.45, 7) is 1.34. The summed E-state index contributed by atoms with van der Waals surface area (Å²) < 4.78 is 17.6. The van der Waals surface area contributed by atoms with Gasteiger partial charge in [-0.15, -0.1) is 11.3 Å². The molecule has 7 nitrogen and oxygen atoms in total. The number of hydrogen-bond donors (Lipinski definition) is 2. The minimum absolute atomic E-state index is 0.0769. The molecule has 3 aliphatic carbocycles.